The molecule has 14 heavy (non-hydrogen) atoms. The van der Waals surface area contributed by atoms with Crippen LogP contribution in [0.25, 0.3) is 0 Å². The van der Waals surface area contributed by atoms with Gasteiger partial charge in [0.15, 0.2) is 0 Å². The molecule has 1 rings (SSSR count). The van der Waals surface area contributed by atoms with E-state index in [-0.39, 0.29) is 0 Å². The summed E-state index contributed by atoms with van der Waals surface area (Å²) >= 11 is 0. The minimum absolute atomic E-state index is 0.407. The molecule has 0 bridgehead atoms. The maximum absolute atomic E-state index is 5.62. The maximum atomic E-state index is 5.62. The monoisotopic (exact) mass is 194 g/mol. The van der Waals surface area contributed by atoms with Crippen molar-refractivity contribution in [2.75, 3.05) is 0 Å². The standard InChI is InChI=1S/C12H22N2/c1-3-4-5-8-11(14-13)12(2)9-6-7-10-12/h11,14H,5-10,13H2,1-2H3. The molecule has 0 amide bonds. The molecule has 1 atom stereocenters. The molecule has 0 heterocycles. The predicted molar refractivity (Wildman–Crippen MR) is 60.4 cm³/mol. The molecule has 0 aromatic rings. The van der Waals surface area contributed by atoms with Gasteiger partial charge in [-0.25, -0.2) is 0 Å². The van der Waals surface area contributed by atoms with Gasteiger partial charge >= 0.3 is 0 Å². The van der Waals surface area contributed by atoms with E-state index in [1.807, 2.05) is 6.92 Å². The summed E-state index contributed by atoms with van der Waals surface area (Å²) in [6.07, 6.45) is 7.36. The summed E-state index contributed by atoms with van der Waals surface area (Å²) < 4.78 is 0. The highest BCUT2D eigenvalue weighted by Crippen LogP contribution is 2.41. The molecule has 2 nitrogen and oxygen atoms in total. The molecule has 1 aliphatic rings. The first-order valence-electron chi connectivity index (χ1n) is 5.58. The molecule has 80 valence electrons. The quantitative estimate of drug-likeness (QED) is 0.409. The summed E-state index contributed by atoms with van der Waals surface area (Å²) in [5.41, 5.74) is 3.38. The van der Waals surface area contributed by atoms with Crippen LogP contribution in [0.4, 0.5) is 0 Å². The van der Waals surface area contributed by atoms with Crippen LogP contribution in [0.1, 0.15) is 52.4 Å². The van der Waals surface area contributed by atoms with E-state index in [0.717, 1.165) is 12.8 Å². The zero-order valence-electron chi connectivity index (χ0n) is 9.40. The Hall–Kier alpha value is -0.520. The predicted octanol–water partition coefficient (Wildman–Crippen LogP) is 2.20. The first kappa shape index (κ1) is 11.6. The fraction of sp³-hybridized carbons (Fsp3) is 0.833. The van der Waals surface area contributed by atoms with Gasteiger partial charge in [-0.1, -0.05) is 19.8 Å². The second-order valence-corrected chi connectivity index (χ2v) is 4.55. The van der Waals surface area contributed by atoms with Gasteiger partial charge in [-0.2, -0.15) is 0 Å². The average Bonchev–Trinajstić information content (AvgIpc) is 2.61. The highest BCUT2D eigenvalue weighted by atomic mass is 15.2. The third-order valence-corrected chi connectivity index (χ3v) is 3.52. The van der Waals surface area contributed by atoms with Crippen LogP contribution in [-0.4, -0.2) is 6.04 Å². The largest absolute Gasteiger partial charge is 0.271 e. The lowest BCUT2D eigenvalue weighted by molar-refractivity contribution is 0.213. The third-order valence-electron chi connectivity index (χ3n) is 3.52. The van der Waals surface area contributed by atoms with Crippen molar-refractivity contribution >= 4 is 0 Å². The number of nitrogens with one attached hydrogen (secondary N) is 1. The fourth-order valence-electron chi connectivity index (χ4n) is 2.51. The zero-order valence-corrected chi connectivity index (χ0v) is 9.40. The molecule has 1 aliphatic carbocycles. The number of rotatable bonds is 4. The molecule has 0 aromatic heterocycles. The van der Waals surface area contributed by atoms with Crippen molar-refractivity contribution in [3.8, 4) is 11.8 Å². The Morgan fingerprint density at radius 1 is 1.43 bits per heavy atom. The van der Waals surface area contributed by atoms with Gasteiger partial charge in [0.1, 0.15) is 0 Å². The van der Waals surface area contributed by atoms with Gasteiger partial charge in [0.25, 0.3) is 0 Å². The van der Waals surface area contributed by atoms with Crippen LogP contribution in [0.15, 0.2) is 0 Å². The second-order valence-electron chi connectivity index (χ2n) is 4.55. The summed E-state index contributed by atoms with van der Waals surface area (Å²) in [7, 11) is 0. The van der Waals surface area contributed by atoms with E-state index in [2.05, 4.69) is 24.2 Å². The Labute approximate surface area is 87.6 Å². The molecule has 0 radical (unpaired) electrons. The summed E-state index contributed by atoms with van der Waals surface area (Å²) in [5.74, 6) is 11.7. The summed E-state index contributed by atoms with van der Waals surface area (Å²) in [5, 5.41) is 0. The van der Waals surface area contributed by atoms with E-state index in [1.54, 1.807) is 0 Å². The molecule has 1 fully saturated rings. The maximum Gasteiger partial charge on any atom is 0.0273 e. The first-order chi connectivity index (χ1) is 6.73. The van der Waals surface area contributed by atoms with E-state index >= 15 is 0 Å². The van der Waals surface area contributed by atoms with Crippen molar-refractivity contribution < 1.29 is 0 Å². The number of nitrogens with two attached hydrogens (primary N) is 1. The second kappa shape index (κ2) is 5.38. The Morgan fingerprint density at radius 3 is 2.57 bits per heavy atom. The third kappa shape index (κ3) is 2.73. The van der Waals surface area contributed by atoms with E-state index in [0.29, 0.717) is 11.5 Å². The molecule has 1 saturated carbocycles. The van der Waals surface area contributed by atoms with E-state index < -0.39 is 0 Å². The molecular formula is C12H22N2. The Bertz CT molecular complexity index is 218. The lowest BCUT2D eigenvalue weighted by Gasteiger charge is -2.33. The number of hydrazine groups is 1. The van der Waals surface area contributed by atoms with Crippen LogP contribution in [0, 0.1) is 17.3 Å². The zero-order chi connectivity index (χ0) is 10.4. The summed E-state index contributed by atoms with van der Waals surface area (Å²) in [6, 6.07) is 0.436. The Morgan fingerprint density at radius 2 is 2.07 bits per heavy atom. The van der Waals surface area contributed by atoms with Gasteiger partial charge in [0.05, 0.1) is 0 Å². The topological polar surface area (TPSA) is 38.0 Å². The lowest BCUT2D eigenvalue weighted by atomic mass is 9.79. The molecule has 0 spiro atoms. The van der Waals surface area contributed by atoms with E-state index in [4.69, 9.17) is 5.84 Å². The SMILES string of the molecule is CC#CCCC(NN)C1(C)CCCC1. The fourth-order valence-corrected chi connectivity index (χ4v) is 2.51. The highest BCUT2D eigenvalue weighted by Gasteiger charge is 2.35. The molecule has 2 heteroatoms. The summed E-state index contributed by atoms with van der Waals surface area (Å²) in [4.78, 5) is 0. The van der Waals surface area contributed by atoms with Crippen molar-refractivity contribution in [3.63, 3.8) is 0 Å². The normalized spacial score (nSPS) is 21.4. The average molecular weight is 194 g/mol. The van der Waals surface area contributed by atoms with Gasteiger partial charge in [-0.05, 0) is 31.6 Å². The van der Waals surface area contributed by atoms with Crippen molar-refractivity contribution in [1.29, 1.82) is 0 Å². The van der Waals surface area contributed by atoms with Gasteiger partial charge in [0, 0.05) is 12.5 Å². The first-order valence-corrected chi connectivity index (χ1v) is 5.58. The smallest absolute Gasteiger partial charge is 0.0273 e. The van der Waals surface area contributed by atoms with Crippen molar-refractivity contribution in [1.82, 2.24) is 5.43 Å². The van der Waals surface area contributed by atoms with Crippen LogP contribution in [-0.2, 0) is 0 Å². The van der Waals surface area contributed by atoms with Crippen molar-refractivity contribution in [2.24, 2.45) is 11.3 Å². The van der Waals surface area contributed by atoms with Crippen LogP contribution in [0.3, 0.4) is 0 Å². The minimum atomic E-state index is 0.407. The molecule has 3 N–H and O–H groups in total. The highest BCUT2D eigenvalue weighted by molar-refractivity contribution is 4.98. The van der Waals surface area contributed by atoms with Gasteiger partial charge < -0.3 is 0 Å². The molecule has 1 unspecified atom stereocenters. The van der Waals surface area contributed by atoms with Gasteiger partial charge in [0.2, 0.25) is 0 Å². The van der Waals surface area contributed by atoms with Gasteiger partial charge in [-0.15, -0.1) is 11.8 Å². The van der Waals surface area contributed by atoms with Crippen molar-refractivity contribution in [2.45, 2.75) is 58.4 Å². The number of hydrogen-bond donors (Lipinski definition) is 2. The van der Waals surface area contributed by atoms with Crippen molar-refractivity contribution in [3.05, 3.63) is 0 Å². The van der Waals surface area contributed by atoms with Gasteiger partial charge in [-0.3, -0.25) is 11.3 Å². The summed E-state index contributed by atoms with van der Waals surface area (Å²) in [6.45, 7) is 4.24. The lowest BCUT2D eigenvalue weighted by Crippen LogP contribution is -2.45. The van der Waals surface area contributed by atoms with E-state index in [1.165, 1.54) is 25.7 Å². The Balaban J connectivity index is 2.46. The molecule has 0 saturated heterocycles. The van der Waals surface area contributed by atoms with Crippen LogP contribution in [0.5, 0.6) is 0 Å². The molecule has 0 aromatic carbocycles. The van der Waals surface area contributed by atoms with Crippen LogP contribution in [0.2, 0.25) is 0 Å². The van der Waals surface area contributed by atoms with E-state index in [9.17, 15) is 0 Å². The van der Waals surface area contributed by atoms with Crippen LogP contribution >= 0.6 is 0 Å². The molecule has 0 aliphatic heterocycles. The van der Waals surface area contributed by atoms with Crippen LogP contribution < -0.4 is 11.3 Å². The minimum Gasteiger partial charge on any atom is -0.271 e. The number of hydrogen-bond acceptors (Lipinski definition) is 2. The molecular weight excluding hydrogens is 172 g/mol. The Kier molecular flexibility index (Phi) is 4.44.